The Bertz CT molecular complexity index is 161. The molecule has 0 bridgehead atoms. The molecule has 0 aliphatic carbocycles. The third-order valence-electron chi connectivity index (χ3n) is 2.28. The van der Waals surface area contributed by atoms with Crippen LogP contribution in [0.5, 0.6) is 0 Å². The molecule has 14 heavy (non-hydrogen) atoms. The Morgan fingerprint density at radius 3 is 2.50 bits per heavy atom. The number of ether oxygens (including phenoxy) is 1. The van der Waals surface area contributed by atoms with Gasteiger partial charge in [0, 0.05) is 0 Å². The van der Waals surface area contributed by atoms with Gasteiger partial charge in [-0.25, -0.2) is 10.7 Å². The fourth-order valence-corrected chi connectivity index (χ4v) is 1.04. The molecule has 0 saturated heterocycles. The summed E-state index contributed by atoms with van der Waals surface area (Å²) in [6.07, 6.45) is 2.09. The zero-order valence-corrected chi connectivity index (χ0v) is 9.29. The van der Waals surface area contributed by atoms with Crippen LogP contribution in [0.2, 0.25) is 0 Å². The molecule has 0 saturated carbocycles. The van der Waals surface area contributed by atoms with E-state index in [4.69, 9.17) is 10.6 Å². The van der Waals surface area contributed by atoms with E-state index in [1.54, 1.807) is 0 Å². The molecule has 2 atom stereocenters. The molecule has 0 fully saturated rings. The van der Waals surface area contributed by atoms with E-state index in [1.165, 1.54) is 0 Å². The summed E-state index contributed by atoms with van der Waals surface area (Å²) in [5.41, 5.74) is 0. The first-order valence-corrected chi connectivity index (χ1v) is 5.19. The van der Waals surface area contributed by atoms with Crippen LogP contribution >= 0.6 is 0 Å². The van der Waals surface area contributed by atoms with Gasteiger partial charge in [-0.1, -0.05) is 33.6 Å². The Hall–Kier alpha value is -0.610. The van der Waals surface area contributed by atoms with Gasteiger partial charge < -0.3 is 4.74 Å². The maximum absolute atomic E-state index is 11.4. The normalized spacial score (nSPS) is 14.9. The molecule has 0 radical (unpaired) electrons. The summed E-state index contributed by atoms with van der Waals surface area (Å²) >= 11 is 0. The third-order valence-corrected chi connectivity index (χ3v) is 2.28. The van der Waals surface area contributed by atoms with E-state index in [1.807, 2.05) is 20.8 Å². The molecular weight excluding hydrogens is 182 g/mol. The van der Waals surface area contributed by atoms with Crippen molar-refractivity contribution in [1.82, 2.24) is 0 Å². The van der Waals surface area contributed by atoms with Crippen LogP contribution in [-0.2, 0) is 14.4 Å². The molecule has 0 spiro atoms. The van der Waals surface area contributed by atoms with E-state index in [0.717, 1.165) is 19.3 Å². The second kappa shape index (κ2) is 7.76. The van der Waals surface area contributed by atoms with Gasteiger partial charge in [0.25, 0.3) is 0 Å². The molecule has 0 amide bonds. The van der Waals surface area contributed by atoms with Crippen molar-refractivity contribution in [2.75, 3.05) is 6.61 Å². The first-order chi connectivity index (χ1) is 6.67. The molecule has 0 aliphatic rings. The molecule has 0 aromatic heterocycles. The Kier molecular flexibility index (Phi) is 7.42. The Balaban J connectivity index is 3.91. The lowest BCUT2D eigenvalue weighted by Gasteiger charge is -2.18. The van der Waals surface area contributed by atoms with Crippen LogP contribution in [0.25, 0.3) is 0 Å². The van der Waals surface area contributed by atoms with Crippen LogP contribution in [0.4, 0.5) is 0 Å². The van der Waals surface area contributed by atoms with Gasteiger partial charge in [0.1, 0.15) is 0 Å². The lowest BCUT2D eigenvalue weighted by atomic mass is 10.0. The first kappa shape index (κ1) is 13.4. The summed E-state index contributed by atoms with van der Waals surface area (Å²) in [7, 11) is 0. The van der Waals surface area contributed by atoms with E-state index >= 15 is 0 Å². The SMILES string of the molecule is CCCCOC(=O)C(ON)C(C)CC. The number of nitrogens with two attached hydrogens (primary N) is 1. The Labute approximate surface area is 85.7 Å². The predicted molar refractivity (Wildman–Crippen MR) is 54.4 cm³/mol. The number of hydrogen-bond acceptors (Lipinski definition) is 4. The highest BCUT2D eigenvalue weighted by molar-refractivity contribution is 5.74. The molecular formula is C10H21NO3. The van der Waals surface area contributed by atoms with Crippen LogP contribution in [0, 0.1) is 5.92 Å². The van der Waals surface area contributed by atoms with Gasteiger partial charge in [-0.05, 0) is 12.3 Å². The highest BCUT2D eigenvalue weighted by Crippen LogP contribution is 2.11. The van der Waals surface area contributed by atoms with Gasteiger partial charge in [0.2, 0.25) is 0 Å². The lowest BCUT2D eigenvalue weighted by Crippen LogP contribution is -2.35. The van der Waals surface area contributed by atoms with Crippen molar-refractivity contribution in [2.45, 2.75) is 46.1 Å². The average Bonchev–Trinajstić information content (AvgIpc) is 2.19. The maximum atomic E-state index is 11.4. The van der Waals surface area contributed by atoms with Gasteiger partial charge in [0.05, 0.1) is 6.61 Å². The number of rotatable bonds is 7. The molecule has 0 aromatic rings. The van der Waals surface area contributed by atoms with Gasteiger partial charge in [-0.2, -0.15) is 0 Å². The zero-order chi connectivity index (χ0) is 11.0. The lowest BCUT2D eigenvalue weighted by molar-refractivity contribution is -0.161. The number of carbonyl (C=O) groups is 1. The van der Waals surface area contributed by atoms with E-state index in [-0.39, 0.29) is 11.9 Å². The number of unbranched alkanes of at least 4 members (excludes halogenated alkanes) is 1. The van der Waals surface area contributed by atoms with Crippen molar-refractivity contribution < 1.29 is 14.4 Å². The summed E-state index contributed by atoms with van der Waals surface area (Å²) in [6, 6.07) is 0. The number of carbonyl (C=O) groups excluding carboxylic acids is 1. The summed E-state index contributed by atoms with van der Waals surface area (Å²) in [4.78, 5) is 16.0. The molecule has 2 unspecified atom stereocenters. The summed E-state index contributed by atoms with van der Waals surface area (Å²) in [5.74, 6) is 4.79. The van der Waals surface area contributed by atoms with E-state index in [9.17, 15) is 4.79 Å². The van der Waals surface area contributed by atoms with Crippen LogP contribution < -0.4 is 5.90 Å². The molecule has 4 nitrogen and oxygen atoms in total. The van der Waals surface area contributed by atoms with Crippen molar-refractivity contribution in [3.63, 3.8) is 0 Å². The van der Waals surface area contributed by atoms with Crippen molar-refractivity contribution in [3.05, 3.63) is 0 Å². The molecule has 0 heterocycles. The highest BCUT2D eigenvalue weighted by atomic mass is 16.6. The first-order valence-electron chi connectivity index (χ1n) is 5.19. The van der Waals surface area contributed by atoms with Crippen molar-refractivity contribution in [1.29, 1.82) is 0 Å². The summed E-state index contributed by atoms with van der Waals surface area (Å²) < 4.78 is 5.01. The van der Waals surface area contributed by atoms with Gasteiger partial charge in [-0.3, -0.25) is 4.84 Å². The monoisotopic (exact) mass is 203 g/mol. The minimum Gasteiger partial charge on any atom is -0.464 e. The van der Waals surface area contributed by atoms with Crippen molar-refractivity contribution in [2.24, 2.45) is 11.8 Å². The molecule has 84 valence electrons. The summed E-state index contributed by atoms with van der Waals surface area (Å²) in [5, 5.41) is 0. The van der Waals surface area contributed by atoms with Crippen LogP contribution in [-0.4, -0.2) is 18.7 Å². The van der Waals surface area contributed by atoms with Crippen LogP contribution in [0.1, 0.15) is 40.0 Å². The Morgan fingerprint density at radius 2 is 2.07 bits per heavy atom. The van der Waals surface area contributed by atoms with Gasteiger partial charge in [-0.15, -0.1) is 0 Å². The van der Waals surface area contributed by atoms with Gasteiger partial charge in [0.15, 0.2) is 6.10 Å². The standard InChI is InChI=1S/C10H21NO3/c1-4-6-7-13-10(12)9(14-11)8(3)5-2/h8-9H,4-7,11H2,1-3H3. The number of esters is 1. The highest BCUT2D eigenvalue weighted by Gasteiger charge is 2.25. The van der Waals surface area contributed by atoms with Gasteiger partial charge >= 0.3 is 5.97 Å². The van der Waals surface area contributed by atoms with Crippen LogP contribution in [0.3, 0.4) is 0 Å². The minimum absolute atomic E-state index is 0.0918. The Morgan fingerprint density at radius 1 is 1.43 bits per heavy atom. The molecule has 0 rings (SSSR count). The maximum Gasteiger partial charge on any atom is 0.337 e. The van der Waals surface area contributed by atoms with E-state index < -0.39 is 6.10 Å². The predicted octanol–water partition coefficient (Wildman–Crippen LogP) is 1.63. The summed E-state index contributed by atoms with van der Waals surface area (Å²) in [6.45, 7) is 6.39. The largest absolute Gasteiger partial charge is 0.464 e. The second-order valence-electron chi connectivity index (χ2n) is 3.46. The minimum atomic E-state index is -0.628. The van der Waals surface area contributed by atoms with Crippen molar-refractivity contribution >= 4 is 5.97 Å². The fourth-order valence-electron chi connectivity index (χ4n) is 1.04. The second-order valence-corrected chi connectivity index (χ2v) is 3.46. The molecule has 0 aliphatic heterocycles. The average molecular weight is 203 g/mol. The topological polar surface area (TPSA) is 61.5 Å². The number of hydrogen-bond donors (Lipinski definition) is 1. The van der Waals surface area contributed by atoms with Crippen molar-refractivity contribution in [3.8, 4) is 0 Å². The van der Waals surface area contributed by atoms with Crippen LogP contribution in [0.15, 0.2) is 0 Å². The molecule has 4 heteroatoms. The third kappa shape index (κ3) is 4.58. The smallest absolute Gasteiger partial charge is 0.337 e. The zero-order valence-electron chi connectivity index (χ0n) is 9.29. The van der Waals surface area contributed by atoms with E-state index in [0.29, 0.717) is 6.61 Å². The molecule has 2 N–H and O–H groups in total. The molecule has 0 aromatic carbocycles. The van der Waals surface area contributed by atoms with E-state index in [2.05, 4.69) is 4.84 Å². The quantitative estimate of drug-likeness (QED) is 0.388. The fraction of sp³-hybridized carbons (Fsp3) is 0.900.